The molecular weight excluding hydrogens is 262 g/mol. The van der Waals surface area contributed by atoms with E-state index >= 15 is 0 Å². The third-order valence-corrected chi connectivity index (χ3v) is 5.47. The zero-order valence-electron chi connectivity index (χ0n) is 12.9. The number of fused-ring (bicyclic) bond motifs is 1. The predicted octanol–water partition coefficient (Wildman–Crippen LogP) is 3.08. The number of rotatable bonds is 5. The fourth-order valence-corrected chi connectivity index (χ4v) is 4.17. The summed E-state index contributed by atoms with van der Waals surface area (Å²) >= 11 is 0. The van der Waals surface area contributed by atoms with Crippen molar-refractivity contribution in [3.05, 3.63) is 17.5 Å². The molecule has 3 fully saturated rings. The topological polar surface area (TPSA) is 41.3 Å². The molecule has 2 heterocycles. The highest BCUT2D eigenvalue weighted by Gasteiger charge is 2.33. The van der Waals surface area contributed by atoms with E-state index in [1.54, 1.807) is 0 Å². The average Bonchev–Trinajstić information content (AvgIpc) is 3.25. The van der Waals surface area contributed by atoms with E-state index in [0.717, 1.165) is 42.5 Å². The first-order valence-corrected chi connectivity index (χ1v) is 8.80. The summed E-state index contributed by atoms with van der Waals surface area (Å²) in [6.07, 6.45) is 11.1. The average molecular weight is 289 g/mol. The van der Waals surface area contributed by atoms with Crippen molar-refractivity contribution >= 4 is 0 Å². The highest BCUT2D eigenvalue weighted by atomic mass is 16.5. The standard InChI is InChI=1S/C17H27N3O/c1-2-6-17-13(4-1)5-3-9-20(17)12-16-10-15(19-21-16)11-18-14-7-8-14/h10,13-14,17-18H,1-9,11-12H2/t13-,17-/m1/s1. The van der Waals surface area contributed by atoms with Crippen molar-refractivity contribution < 1.29 is 4.52 Å². The maximum Gasteiger partial charge on any atom is 0.151 e. The smallest absolute Gasteiger partial charge is 0.151 e. The van der Waals surface area contributed by atoms with Crippen molar-refractivity contribution in [1.29, 1.82) is 0 Å². The maximum absolute atomic E-state index is 5.57. The summed E-state index contributed by atoms with van der Waals surface area (Å²) in [7, 11) is 0. The fourth-order valence-electron chi connectivity index (χ4n) is 4.17. The quantitative estimate of drug-likeness (QED) is 0.904. The Hall–Kier alpha value is -0.870. The van der Waals surface area contributed by atoms with E-state index in [1.807, 2.05) is 0 Å². The van der Waals surface area contributed by atoms with Gasteiger partial charge in [0.2, 0.25) is 0 Å². The highest BCUT2D eigenvalue weighted by molar-refractivity contribution is 5.06. The molecule has 1 aromatic rings. The van der Waals surface area contributed by atoms with E-state index < -0.39 is 0 Å². The van der Waals surface area contributed by atoms with Gasteiger partial charge >= 0.3 is 0 Å². The minimum absolute atomic E-state index is 0.732. The SMILES string of the molecule is c1c(CNC2CC2)noc1CN1CCC[C@H]2CCCC[C@H]21. The molecule has 2 saturated carbocycles. The number of hydrogen-bond acceptors (Lipinski definition) is 4. The van der Waals surface area contributed by atoms with Crippen LogP contribution >= 0.6 is 0 Å². The second-order valence-corrected chi connectivity index (χ2v) is 7.16. The number of aromatic nitrogens is 1. The van der Waals surface area contributed by atoms with Crippen LogP contribution in [0.25, 0.3) is 0 Å². The summed E-state index contributed by atoms with van der Waals surface area (Å²) < 4.78 is 5.57. The lowest BCUT2D eigenvalue weighted by atomic mass is 9.78. The minimum atomic E-state index is 0.732. The van der Waals surface area contributed by atoms with Gasteiger partial charge in [-0.15, -0.1) is 0 Å². The number of nitrogens with one attached hydrogen (secondary N) is 1. The first-order chi connectivity index (χ1) is 10.4. The van der Waals surface area contributed by atoms with E-state index in [1.165, 1.54) is 57.9 Å². The Morgan fingerprint density at radius 2 is 2.00 bits per heavy atom. The number of likely N-dealkylation sites (tertiary alicyclic amines) is 1. The van der Waals surface area contributed by atoms with Gasteiger partial charge in [-0.3, -0.25) is 4.90 Å². The Morgan fingerprint density at radius 1 is 1.14 bits per heavy atom. The minimum Gasteiger partial charge on any atom is -0.360 e. The first kappa shape index (κ1) is 13.8. The molecule has 1 saturated heterocycles. The predicted molar refractivity (Wildman–Crippen MR) is 81.8 cm³/mol. The third-order valence-electron chi connectivity index (χ3n) is 5.47. The van der Waals surface area contributed by atoms with Crippen LogP contribution in [-0.2, 0) is 13.1 Å². The van der Waals surface area contributed by atoms with Crippen LogP contribution in [0.1, 0.15) is 62.8 Å². The van der Waals surface area contributed by atoms with Crippen LogP contribution in [0, 0.1) is 5.92 Å². The summed E-state index contributed by atoms with van der Waals surface area (Å²) in [5.74, 6) is 1.99. The highest BCUT2D eigenvalue weighted by Crippen LogP contribution is 2.35. The molecule has 1 aromatic heterocycles. The van der Waals surface area contributed by atoms with Crippen molar-refractivity contribution in [2.45, 2.75) is 76.5 Å². The number of nitrogens with zero attached hydrogens (tertiary/aromatic N) is 2. The monoisotopic (exact) mass is 289 g/mol. The Kier molecular flexibility index (Phi) is 3.99. The molecular formula is C17H27N3O. The van der Waals surface area contributed by atoms with Gasteiger partial charge in [-0.2, -0.15) is 0 Å². The molecule has 0 spiro atoms. The molecule has 4 rings (SSSR count). The molecule has 4 heteroatoms. The zero-order valence-corrected chi connectivity index (χ0v) is 12.9. The van der Waals surface area contributed by atoms with Crippen molar-refractivity contribution in [3.63, 3.8) is 0 Å². The maximum atomic E-state index is 5.57. The summed E-state index contributed by atoms with van der Waals surface area (Å²) in [6, 6.07) is 3.68. The fraction of sp³-hybridized carbons (Fsp3) is 0.824. The largest absolute Gasteiger partial charge is 0.360 e. The van der Waals surface area contributed by atoms with E-state index in [-0.39, 0.29) is 0 Å². The van der Waals surface area contributed by atoms with Crippen LogP contribution in [0.4, 0.5) is 0 Å². The summed E-state index contributed by atoms with van der Waals surface area (Å²) in [4.78, 5) is 2.66. The van der Waals surface area contributed by atoms with E-state index in [0.29, 0.717) is 0 Å². The van der Waals surface area contributed by atoms with Crippen LogP contribution in [0.5, 0.6) is 0 Å². The van der Waals surface area contributed by atoms with Crippen LogP contribution < -0.4 is 5.32 Å². The van der Waals surface area contributed by atoms with Crippen LogP contribution in [-0.4, -0.2) is 28.7 Å². The molecule has 116 valence electrons. The van der Waals surface area contributed by atoms with Gasteiger partial charge in [-0.05, 0) is 51.0 Å². The van der Waals surface area contributed by atoms with E-state index in [4.69, 9.17) is 4.52 Å². The van der Waals surface area contributed by atoms with Gasteiger partial charge in [0.25, 0.3) is 0 Å². The number of piperidine rings is 1. The Labute approximate surface area is 127 Å². The number of hydrogen-bond donors (Lipinski definition) is 1. The van der Waals surface area contributed by atoms with E-state index in [2.05, 4.69) is 21.4 Å². The van der Waals surface area contributed by atoms with Crippen molar-refractivity contribution in [2.24, 2.45) is 5.92 Å². The lowest BCUT2D eigenvalue weighted by Crippen LogP contribution is -2.46. The van der Waals surface area contributed by atoms with Crippen molar-refractivity contribution in [2.75, 3.05) is 6.54 Å². The Balaban J connectivity index is 1.35. The molecule has 0 amide bonds. The molecule has 1 aliphatic heterocycles. The van der Waals surface area contributed by atoms with E-state index in [9.17, 15) is 0 Å². The third kappa shape index (κ3) is 3.32. The molecule has 0 bridgehead atoms. The molecule has 21 heavy (non-hydrogen) atoms. The van der Waals surface area contributed by atoms with Gasteiger partial charge in [0.1, 0.15) is 0 Å². The molecule has 1 N–H and O–H groups in total. The summed E-state index contributed by atoms with van der Waals surface area (Å²) in [5.41, 5.74) is 1.06. The molecule has 0 unspecified atom stereocenters. The second kappa shape index (κ2) is 6.09. The molecule has 3 aliphatic rings. The summed E-state index contributed by atoms with van der Waals surface area (Å²) in [6.45, 7) is 3.05. The van der Waals surface area contributed by atoms with Crippen LogP contribution in [0.2, 0.25) is 0 Å². The normalized spacial score (nSPS) is 30.3. The van der Waals surface area contributed by atoms with Crippen molar-refractivity contribution in [3.8, 4) is 0 Å². The molecule has 2 atom stereocenters. The molecule has 0 aromatic carbocycles. The van der Waals surface area contributed by atoms with Gasteiger partial charge in [-0.1, -0.05) is 18.0 Å². The van der Waals surface area contributed by atoms with Gasteiger partial charge < -0.3 is 9.84 Å². The van der Waals surface area contributed by atoms with Gasteiger partial charge in [0.05, 0.1) is 12.2 Å². The Morgan fingerprint density at radius 3 is 2.90 bits per heavy atom. The second-order valence-electron chi connectivity index (χ2n) is 7.16. The lowest BCUT2D eigenvalue weighted by molar-refractivity contribution is 0.0479. The summed E-state index contributed by atoms with van der Waals surface area (Å²) in [5, 5.41) is 7.72. The zero-order chi connectivity index (χ0) is 14.1. The van der Waals surface area contributed by atoms with Crippen molar-refractivity contribution in [1.82, 2.24) is 15.4 Å². The van der Waals surface area contributed by atoms with Crippen LogP contribution in [0.3, 0.4) is 0 Å². The molecule has 2 aliphatic carbocycles. The van der Waals surface area contributed by atoms with Gasteiger partial charge in [-0.25, -0.2) is 0 Å². The molecule has 0 radical (unpaired) electrons. The van der Waals surface area contributed by atoms with Gasteiger partial charge in [0.15, 0.2) is 5.76 Å². The first-order valence-electron chi connectivity index (χ1n) is 8.80. The molecule has 4 nitrogen and oxygen atoms in total. The van der Waals surface area contributed by atoms with Crippen LogP contribution in [0.15, 0.2) is 10.6 Å². The van der Waals surface area contributed by atoms with Gasteiger partial charge in [0, 0.05) is 24.7 Å². The lowest BCUT2D eigenvalue weighted by Gasteiger charge is -2.43. The Bertz CT molecular complexity index is 466.